The summed E-state index contributed by atoms with van der Waals surface area (Å²) in [7, 11) is -2.45. The fourth-order valence-electron chi connectivity index (χ4n) is 2.66. The van der Waals surface area contributed by atoms with Gasteiger partial charge in [0.25, 0.3) is 15.9 Å². The lowest BCUT2D eigenvalue weighted by Crippen LogP contribution is -2.41. The van der Waals surface area contributed by atoms with Crippen LogP contribution in [0.25, 0.3) is 0 Å². The van der Waals surface area contributed by atoms with Crippen LogP contribution in [0.1, 0.15) is 16.1 Å². The zero-order chi connectivity index (χ0) is 18.7. The van der Waals surface area contributed by atoms with Crippen molar-refractivity contribution in [2.45, 2.75) is 11.6 Å². The second-order valence-electron chi connectivity index (χ2n) is 5.82. The quantitative estimate of drug-likeness (QED) is 0.784. The van der Waals surface area contributed by atoms with Crippen molar-refractivity contribution < 1.29 is 22.7 Å². The molecule has 0 spiro atoms. The van der Waals surface area contributed by atoms with Gasteiger partial charge in [0.15, 0.2) is 5.03 Å². The molecule has 3 rings (SSSR count). The molecule has 1 amide bonds. The van der Waals surface area contributed by atoms with Crippen LogP contribution in [0.5, 0.6) is 5.75 Å². The van der Waals surface area contributed by atoms with E-state index < -0.39 is 10.0 Å². The molecule has 0 unspecified atom stereocenters. The number of hydrogen-bond donors (Lipinski definition) is 1. The van der Waals surface area contributed by atoms with Gasteiger partial charge in [-0.1, -0.05) is 12.1 Å². The van der Waals surface area contributed by atoms with E-state index in [1.165, 1.54) is 10.7 Å². The van der Waals surface area contributed by atoms with E-state index in [2.05, 4.69) is 5.10 Å². The van der Waals surface area contributed by atoms with E-state index in [1.54, 1.807) is 24.1 Å². The summed E-state index contributed by atoms with van der Waals surface area (Å²) in [5.41, 5.74) is 1.01. The van der Waals surface area contributed by atoms with E-state index in [0.29, 0.717) is 32.1 Å². The lowest BCUT2D eigenvalue weighted by molar-refractivity contribution is 0.0295. The number of rotatable bonds is 5. The molecule has 2 heterocycles. The Morgan fingerprint density at radius 3 is 2.50 bits per heavy atom. The number of amides is 1. The molecule has 1 aliphatic heterocycles. The van der Waals surface area contributed by atoms with E-state index in [9.17, 15) is 13.2 Å². The number of carbonyl (C=O) groups excluding carboxylic acids is 1. The zero-order valence-corrected chi connectivity index (χ0v) is 15.1. The van der Waals surface area contributed by atoms with Gasteiger partial charge in [-0.05, 0) is 17.7 Å². The van der Waals surface area contributed by atoms with Gasteiger partial charge in [0, 0.05) is 19.2 Å². The number of hydrogen-bond acceptors (Lipinski definition) is 6. The van der Waals surface area contributed by atoms with Crippen molar-refractivity contribution in [3.63, 3.8) is 0 Å². The third-order valence-corrected chi connectivity index (χ3v) is 4.84. The first-order chi connectivity index (χ1) is 12.4. The highest BCUT2D eigenvalue weighted by molar-refractivity contribution is 7.89. The summed E-state index contributed by atoms with van der Waals surface area (Å²) in [6.07, 6.45) is 0. The summed E-state index contributed by atoms with van der Waals surface area (Å²) >= 11 is 0. The molecule has 140 valence electrons. The topological polar surface area (TPSA) is 117 Å². The van der Waals surface area contributed by atoms with Crippen LogP contribution in [0, 0.1) is 0 Å². The largest absolute Gasteiger partial charge is 0.497 e. The van der Waals surface area contributed by atoms with Gasteiger partial charge in [-0.2, -0.15) is 5.10 Å². The highest BCUT2D eigenvalue weighted by atomic mass is 32.2. The van der Waals surface area contributed by atoms with Crippen molar-refractivity contribution in [2.75, 3.05) is 33.4 Å². The number of aromatic nitrogens is 2. The van der Waals surface area contributed by atoms with Crippen LogP contribution in [0.4, 0.5) is 0 Å². The third-order valence-electron chi connectivity index (χ3n) is 4.06. The molecular formula is C16H20N4O5S. The predicted octanol–water partition coefficient (Wildman–Crippen LogP) is 0.0598. The Morgan fingerprint density at radius 2 is 1.92 bits per heavy atom. The minimum Gasteiger partial charge on any atom is -0.497 e. The van der Waals surface area contributed by atoms with E-state index in [4.69, 9.17) is 14.6 Å². The number of sulfonamides is 1. The molecular weight excluding hydrogens is 360 g/mol. The molecule has 1 saturated heterocycles. The van der Waals surface area contributed by atoms with Crippen molar-refractivity contribution >= 4 is 15.9 Å². The first-order valence-electron chi connectivity index (χ1n) is 7.99. The fourth-order valence-corrected chi connectivity index (χ4v) is 3.15. The molecule has 0 saturated carbocycles. The Labute approximate surface area is 151 Å². The first kappa shape index (κ1) is 18.4. The van der Waals surface area contributed by atoms with Crippen molar-refractivity contribution in [1.82, 2.24) is 14.7 Å². The number of morpholine rings is 1. The lowest BCUT2D eigenvalue weighted by atomic mass is 10.2. The number of nitrogens with two attached hydrogens (primary N) is 1. The summed E-state index contributed by atoms with van der Waals surface area (Å²) in [5, 5.41) is 8.88. The number of nitrogens with zero attached hydrogens (tertiary/aromatic N) is 3. The van der Waals surface area contributed by atoms with Crippen LogP contribution < -0.4 is 9.88 Å². The molecule has 26 heavy (non-hydrogen) atoms. The van der Waals surface area contributed by atoms with Crippen LogP contribution in [-0.2, 0) is 21.3 Å². The monoisotopic (exact) mass is 380 g/mol. The Bertz CT molecular complexity index is 886. The van der Waals surface area contributed by atoms with Crippen LogP contribution in [0.2, 0.25) is 0 Å². The minimum absolute atomic E-state index is 0.173. The molecule has 2 aromatic rings. The number of benzene rings is 1. The van der Waals surface area contributed by atoms with Crippen LogP contribution in [-0.4, -0.2) is 62.4 Å². The van der Waals surface area contributed by atoms with E-state index in [-0.39, 0.29) is 23.2 Å². The summed E-state index contributed by atoms with van der Waals surface area (Å²) in [6, 6.07) is 8.42. The molecule has 0 atom stereocenters. The maximum absolute atomic E-state index is 12.8. The Balaban J connectivity index is 1.93. The number of ether oxygens (including phenoxy) is 2. The van der Waals surface area contributed by atoms with E-state index in [1.807, 2.05) is 12.1 Å². The summed E-state index contributed by atoms with van der Waals surface area (Å²) in [6.45, 7) is 2.00. The van der Waals surface area contributed by atoms with Crippen molar-refractivity contribution in [1.29, 1.82) is 0 Å². The lowest BCUT2D eigenvalue weighted by Gasteiger charge is -2.26. The molecule has 1 aromatic heterocycles. The predicted molar refractivity (Wildman–Crippen MR) is 92.4 cm³/mol. The smallest absolute Gasteiger partial charge is 0.272 e. The molecule has 0 radical (unpaired) electrons. The average molecular weight is 380 g/mol. The SMILES string of the molecule is COc1ccc(Cn2nc(S(N)(=O)=O)cc2C(=O)N2CCOCC2)cc1. The van der Waals surface area contributed by atoms with Crippen molar-refractivity contribution in [3.8, 4) is 5.75 Å². The molecule has 9 nitrogen and oxygen atoms in total. The third kappa shape index (κ3) is 4.03. The van der Waals surface area contributed by atoms with Gasteiger partial charge in [-0.25, -0.2) is 13.6 Å². The molecule has 2 N–H and O–H groups in total. The van der Waals surface area contributed by atoms with E-state index >= 15 is 0 Å². The van der Waals surface area contributed by atoms with Gasteiger partial charge in [0.2, 0.25) is 0 Å². The normalized spacial score (nSPS) is 15.1. The molecule has 10 heteroatoms. The van der Waals surface area contributed by atoms with Crippen LogP contribution in [0.3, 0.4) is 0 Å². The average Bonchev–Trinajstić information content (AvgIpc) is 3.06. The fraction of sp³-hybridized carbons (Fsp3) is 0.375. The molecule has 0 aliphatic carbocycles. The van der Waals surface area contributed by atoms with Gasteiger partial charge in [0.1, 0.15) is 11.4 Å². The Hall–Kier alpha value is -2.43. The van der Waals surface area contributed by atoms with Gasteiger partial charge in [0.05, 0.1) is 26.9 Å². The number of primary sulfonamides is 1. The van der Waals surface area contributed by atoms with Gasteiger partial charge in [-0.15, -0.1) is 0 Å². The maximum atomic E-state index is 12.8. The van der Waals surface area contributed by atoms with Crippen molar-refractivity contribution in [3.05, 3.63) is 41.6 Å². The van der Waals surface area contributed by atoms with Crippen molar-refractivity contribution in [2.24, 2.45) is 5.14 Å². The standard InChI is InChI=1S/C16H20N4O5S/c1-24-13-4-2-12(3-5-13)11-20-14(10-15(18-20)26(17,22)23)16(21)19-6-8-25-9-7-19/h2-5,10H,6-9,11H2,1H3,(H2,17,22,23). The minimum atomic E-state index is -4.02. The Morgan fingerprint density at radius 1 is 1.27 bits per heavy atom. The summed E-state index contributed by atoms with van der Waals surface area (Å²) in [5.74, 6) is 0.397. The van der Waals surface area contributed by atoms with Crippen LogP contribution in [0.15, 0.2) is 35.4 Å². The molecule has 1 aliphatic rings. The van der Waals surface area contributed by atoms with E-state index in [0.717, 1.165) is 5.56 Å². The first-order valence-corrected chi connectivity index (χ1v) is 9.54. The second kappa shape index (κ2) is 7.44. The summed E-state index contributed by atoms with van der Waals surface area (Å²) < 4.78 is 35.1. The molecule has 0 bridgehead atoms. The van der Waals surface area contributed by atoms with Crippen LogP contribution >= 0.6 is 0 Å². The highest BCUT2D eigenvalue weighted by Crippen LogP contribution is 2.17. The second-order valence-corrected chi connectivity index (χ2v) is 7.33. The number of carbonyl (C=O) groups is 1. The highest BCUT2D eigenvalue weighted by Gasteiger charge is 2.26. The van der Waals surface area contributed by atoms with Gasteiger partial charge in [-0.3, -0.25) is 9.48 Å². The zero-order valence-electron chi connectivity index (χ0n) is 14.3. The molecule has 1 fully saturated rings. The van der Waals surface area contributed by atoms with Gasteiger partial charge < -0.3 is 14.4 Å². The number of methoxy groups -OCH3 is 1. The van der Waals surface area contributed by atoms with Gasteiger partial charge >= 0.3 is 0 Å². The Kier molecular flexibility index (Phi) is 5.25. The summed E-state index contributed by atoms with van der Waals surface area (Å²) in [4.78, 5) is 14.4. The maximum Gasteiger partial charge on any atom is 0.272 e. The molecule has 1 aromatic carbocycles.